The number of aromatic nitrogens is 1. The number of aromatic amines is 1. The average Bonchev–Trinajstić information content (AvgIpc) is 3.17. The quantitative estimate of drug-likeness (QED) is 0.494. The number of hydrogen-bond acceptors (Lipinski definition) is 4. The van der Waals surface area contributed by atoms with Gasteiger partial charge in [0.2, 0.25) is 0 Å². The van der Waals surface area contributed by atoms with Crippen LogP contribution in [0, 0.1) is 16.0 Å². The van der Waals surface area contributed by atoms with Crippen molar-refractivity contribution in [2.75, 3.05) is 19.6 Å². The van der Waals surface area contributed by atoms with E-state index in [1.807, 2.05) is 30.3 Å². The van der Waals surface area contributed by atoms with E-state index in [0.717, 1.165) is 48.9 Å². The second-order valence-electron chi connectivity index (χ2n) is 7.60. The topological polar surface area (TPSA) is 91.3 Å². The number of likely N-dealkylation sites (tertiary alicyclic amines) is 1. The van der Waals surface area contributed by atoms with Crippen LogP contribution in [-0.4, -0.2) is 40.3 Å². The lowest BCUT2D eigenvalue weighted by atomic mass is 9.96. The third kappa shape index (κ3) is 4.46. The molecule has 0 bridgehead atoms. The molecule has 0 spiro atoms. The molecule has 1 aliphatic heterocycles. The number of carbonyl (C=O) groups is 1. The molecule has 2 heterocycles. The van der Waals surface area contributed by atoms with Crippen molar-refractivity contribution in [3.63, 3.8) is 0 Å². The molecule has 7 nitrogen and oxygen atoms in total. The predicted molar refractivity (Wildman–Crippen MR) is 112 cm³/mol. The molecule has 2 N–H and O–H groups in total. The maximum atomic E-state index is 12.6. The maximum absolute atomic E-state index is 12.6. The van der Waals surface area contributed by atoms with E-state index < -0.39 is 0 Å². The molecular weight excluding hydrogens is 368 g/mol. The Morgan fingerprint density at radius 1 is 1.17 bits per heavy atom. The number of fused-ring (bicyclic) bond motifs is 1. The minimum atomic E-state index is -0.355. The molecule has 0 atom stereocenters. The van der Waals surface area contributed by atoms with Gasteiger partial charge in [-0.1, -0.05) is 30.3 Å². The fourth-order valence-electron chi connectivity index (χ4n) is 3.97. The summed E-state index contributed by atoms with van der Waals surface area (Å²) in [4.78, 5) is 28.6. The summed E-state index contributed by atoms with van der Waals surface area (Å²) in [6.07, 6.45) is 3.77. The van der Waals surface area contributed by atoms with Gasteiger partial charge in [0, 0.05) is 42.3 Å². The first-order chi connectivity index (χ1) is 14.1. The second-order valence-corrected chi connectivity index (χ2v) is 7.60. The van der Waals surface area contributed by atoms with E-state index in [1.54, 1.807) is 18.3 Å². The van der Waals surface area contributed by atoms with Gasteiger partial charge in [-0.15, -0.1) is 0 Å². The summed E-state index contributed by atoms with van der Waals surface area (Å²) in [5.41, 5.74) is 2.75. The lowest BCUT2D eigenvalue weighted by Gasteiger charge is -2.32. The van der Waals surface area contributed by atoms with Crippen molar-refractivity contribution in [1.29, 1.82) is 0 Å². The molecule has 1 fully saturated rings. The monoisotopic (exact) mass is 392 g/mol. The van der Waals surface area contributed by atoms with Gasteiger partial charge in [0.05, 0.1) is 10.5 Å². The smallest absolute Gasteiger partial charge is 0.269 e. The Labute approximate surface area is 168 Å². The highest BCUT2D eigenvalue weighted by atomic mass is 16.6. The number of rotatable bonds is 6. The number of non-ortho nitro benzene ring substituents is 1. The van der Waals surface area contributed by atoms with Crippen molar-refractivity contribution in [2.45, 2.75) is 19.4 Å². The number of nitrogens with zero attached hydrogens (tertiary/aromatic N) is 2. The highest BCUT2D eigenvalue weighted by Gasteiger charge is 2.21. The minimum Gasteiger partial charge on any atom is -0.360 e. The van der Waals surface area contributed by atoms with Crippen molar-refractivity contribution in [3.8, 4) is 0 Å². The number of para-hydroxylation sites is 1. The Kier molecular flexibility index (Phi) is 5.57. The Morgan fingerprint density at radius 2 is 1.97 bits per heavy atom. The van der Waals surface area contributed by atoms with Crippen LogP contribution in [0.1, 0.15) is 28.8 Å². The van der Waals surface area contributed by atoms with Gasteiger partial charge >= 0.3 is 0 Å². The first-order valence-corrected chi connectivity index (χ1v) is 9.90. The molecule has 1 aromatic heterocycles. The summed E-state index contributed by atoms with van der Waals surface area (Å²) >= 11 is 0. The predicted octanol–water partition coefficient (Wildman–Crippen LogP) is 3.72. The molecule has 0 radical (unpaired) electrons. The number of amides is 1. The van der Waals surface area contributed by atoms with Gasteiger partial charge in [0.15, 0.2) is 0 Å². The molecule has 4 rings (SSSR count). The van der Waals surface area contributed by atoms with Crippen molar-refractivity contribution >= 4 is 22.5 Å². The van der Waals surface area contributed by atoms with Crippen LogP contribution in [0.5, 0.6) is 0 Å². The summed E-state index contributed by atoms with van der Waals surface area (Å²) in [6, 6.07) is 14.6. The second kappa shape index (κ2) is 8.45. The first kappa shape index (κ1) is 19.1. The number of nitro groups is 1. The van der Waals surface area contributed by atoms with Gasteiger partial charge in [-0.05, 0) is 43.5 Å². The first-order valence-electron chi connectivity index (χ1n) is 9.90. The summed E-state index contributed by atoms with van der Waals surface area (Å²) in [5, 5.41) is 14.9. The van der Waals surface area contributed by atoms with Crippen LogP contribution >= 0.6 is 0 Å². The van der Waals surface area contributed by atoms with Crippen LogP contribution in [0.2, 0.25) is 0 Å². The van der Waals surface area contributed by atoms with Crippen molar-refractivity contribution in [2.24, 2.45) is 5.92 Å². The number of nitro benzene ring substituents is 1. The van der Waals surface area contributed by atoms with Gasteiger partial charge in [-0.2, -0.15) is 0 Å². The lowest BCUT2D eigenvalue weighted by molar-refractivity contribution is -0.384. The number of benzene rings is 2. The zero-order valence-electron chi connectivity index (χ0n) is 16.1. The Morgan fingerprint density at radius 3 is 2.76 bits per heavy atom. The van der Waals surface area contributed by atoms with E-state index in [1.165, 1.54) is 6.07 Å². The molecule has 1 amide bonds. The SMILES string of the molecule is O=C(NCC1CCN(Cc2cccc([N+](=O)[O-])c2)CC1)c1c[nH]c2ccccc12. The number of H-pyrrole nitrogens is 1. The summed E-state index contributed by atoms with van der Waals surface area (Å²) in [5.74, 6) is 0.409. The molecule has 29 heavy (non-hydrogen) atoms. The maximum Gasteiger partial charge on any atom is 0.269 e. The molecule has 150 valence electrons. The third-order valence-electron chi connectivity index (χ3n) is 5.62. The van der Waals surface area contributed by atoms with Gasteiger partial charge in [0.1, 0.15) is 0 Å². The molecule has 0 saturated carbocycles. The van der Waals surface area contributed by atoms with Gasteiger partial charge in [-0.3, -0.25) is 19.8 Å². The number of piperidine rings is 1. The largest absolute Gasteiger partial charge is 0.360 e. The van der Waals surface area contributed by atoms with Crippen LogP contribution in [0.25, 0.3) is 10.9 Å². The molecule has 2 aromatic carbocycles. The highest BCUT2D eigenvalue weighted by molar-refractivity contribution is 6.06. The van der Waals surface area contributed by atoms with Crippen LogP contribution in [0.4, 0.5) is 5.69 Å². The zero-order chi connectivity index (χ0) is 20.2. The van der Waals surface area contributed by atoms with Crippen LogP contribution in [0.3, 0.4) is 0 Å². The minimum absolute atomic E-state index is 0.0403. The summed E-state index contributed by atoms with van der Waals surface area (Å²) in [6.45, 7) is 3.24. The van der Waals surface area contributed by atoms with E-state index >= 15 is 0 Å². The summed E-state index contributed by atoms with van der Waals surface area (Å²) < 4.78 is 0. The van der Waals surface area contributed by atoms with E-state index in [9.17, 15) is 14.9 Å². The Bertz CT molecular complexity index is 1020. The fraction of sp³-hybridized carbons (Fsp3) is 0.318. The molecule has 1 saturated heterocycles. The molecule has 0 aliphatic carbocycles. The van der Waals surface area contributed by atoms with E-state index in [0.29, 0.717) is 18.0 Å². The Balaban J connectivity index is 1.26. The van der Waals surface area contributed by atoms with Crippen molar-refractivity contribution in [1.82, 2.24) is 15.2 Å². The molecule has 7 heteroatoms. The van der Waals surface area contributed by atoms with Gasteiger partial charge in [-0.25, -0.2) is 0 Å². The normalized spacial score (nSPS) is 15.4. The summed E-state index contributed by atoms with van der Waals surface area (Å²) in [7, 11) is 0. The number of nitrogens with one attached hydrogen (secondary N) is 2. The van der Waals surface area contributed by atoms with Crippen molar-refractivity contribution in [3.05, 3.63) is 76.0 Å². The lowest BCUT2D eigenvalue weighted by Crippen LogP contribution is -2.38. The van der Waals surface area contributed by atoms with Crippen LogP contribution in [0.15, 0.2) is 54.7 Å². The van der Waals surface area contributed by atoms with Gasteiger partial charge in [0.25, 0.3) is 11.6 Å². The van der Waals surface area contributed by atoms with Gasteiger partial charge < -0.3 is 10.3 Å². The molecule has 1 aliphatic rings. The third-order valence-corrected chi connectivity index (χ3v) is 5.62. The molecular formula is C22H24N4O3. The average molecular weight is 392 g/mol. The highest BCUT2D eigenvalue weighted by Crippen LogP contribution is 2.21. The number of carbonyl (C=O) groups excluding carboxylic acids is 1. The standard InChI is InChI=1S/C22H24N4O3/c27-22(20-14-23-21-7-2-1-6-19(20)21)24-13-16-8-10-25(11-9-16)15-17-4-3-5-18(12-17)26(28)29/h1-7,12,14,16,23H,8-11,13,15H2,(H,24,27). The van der Waals surface area contributed by atoms with E-state index in [-0.39, 0.29) is 16.5 Å². The van der Waals surface area contributed by atoms with E-state index in [2.05, 4.69) is 15.2 Å². The zero-order valence-corrected chi connectivity index (χ0v) is 16.1. The van der Waals surface area contributed by atoms with Crippen LogP contribution in [-0.2, 0) is 6.54 Å². The number of hydrogen-bond donors (Lipinski definition) is 2. The van der Waals surface area contributed by atoms with E-state index in [4.69, 9.17) is 0 Å². The Hall–Kier alpha value is -3.19. The fourth-order valence-corrected chi connectivity index (χ4v) is 3.97. The van der Waals surface area contributed by atoms with Crippen molar-refractivity contribution < 1.29 is 9.72 Å². The van der Waals surface area contributed by atoms with Crippen LogP contribution < -0.4 is 5.32 Å². The molecule has 0 unspecified atom stereocenters. The molecule has 3 aromatic rings.